The number of likely N-dealkylation sites (tertiary alicyclic amines) is 1. The molecular weight excluding hydrogens is 138 g/mol. The molecule has 1 aliphatic heterocycles. The van der Waals surface area contributed by atoms with Gasteiger partial charge in [0.15, 0.2) is 0 Å². The van der Waals surface area contributed by atoms with E-state index >= 15 is 0 Å². The molecule has 11 heavy (non-hydrogen) atoms. The maximum absolute atomic E-state index is 9.10. The molecule has 1 N–H and O–H groups in total. The van der Waals surface area contributed by atoms with Crippen LogP contribution in [0.3, 0.4) is 0 Å². The number of aliphatic hydroxyl groups is 1. The molecule has 2 heteroatoms. The maximum atomic E-state index is 9.10. The van der Waals surface area contributed by atoms with Crippen molar-refractivity contribution in [2.75, 3.05) is 20.2 Å². The molecule has 64 valence electrons. The van der Waals surface area contributed by atoms with Crippen LogP contribution in [-0.4, -0.2) is 36.2 Å². The van der Waals surface area contributed by atoms with E-state index in [1.54, 1.807) is 0 Å². The molecule has 1 heterocycles. The first-order chi connectivity index (χ1) is 5.33. The van der Waals surface area contributed by atoms with Gasteiger partial charge in [-0.3, -0.25) is 0 Å². The average molecular weight is 155 g/mol. The number of fused-ring (bicyclic) bond motifs is 1. The first-order valence-electron chi connectivity index (χ1n) is 4.64. The third-order valence-corrected chi connectivity index (χ3v) is 3.47. The van der Waals surface area contributed by atoms with Gasteiger partial charge in [0.2, 0.25) is 0 Å². The van der Waals surface area contributed by atoms with Crippen LogP contribution in [0.2, 0.25) is 0 Å². The van der Waals surface area contributed by atoms with Gasteiger partial charge >= 0.3 is 0 Å². The summed E-state index contributed by atoms with van der Waals surface area (Å²) in [5, 5.41) is 9.10. The highest BCUT2D eigenvalue weighted by molar-refractivity contribution is 4.95. The Kier molecular flexibility index (Phi) is 1.90. The molecule has 0 aromatic carbocycles. The molecule has 1 saturated heterocycles. The predicted molar refractivity (Wildman–Crippen MR) is 44.3 cm³/mol. The highest BCUT2D eigenvalue weighted by Crippen LogP contribution is 2.40. The zero-order valence-electron chi connectivity index (χ0n) is 7.16. The first kappa shape index (κ1) is 7.56. The molecule has 2 nitrogen and oxygen atoms in total. The van der Waals surface area contributed by atoms with Crippen molar-refractivity contribution < 1.29 is 5.11 Å². The number of rotatable bonds is 1. The average Bonchev–Trinajstić information content (AvgIpc) is 2.54. The SMILES string of the molecule is CN1CCC2CCC(CO)C21. The van der Waals surface area contributed by atoms with Gasteiger partial charge in [0.25, 0.3) is 0 Å². The third-order valence-electron chi connectivity index (χ3n) is 3.47. The summed E-state index contributed by atoms with van der Waals surface area (Å²) < 4.78 is 0. The summed E-state index contributed by atoms with van der Waals surface area (Å²) in [6.07, 6.45) is 3.95. The molecular formula is C9H17NO. The predicted octanol–water partition coefficient (Wildman–Crippen LogP) is 0.709. The minimum atomic E-state index is 0.394. The van der Waals surface area contributed by atoms with Crippen LogP contribution in [0.5, 0.6) is 0 Å². The van der Waals surface area contributed by atoms with Crippen LogP contribution >= 0.6 is 0 Å². The second-order valence-corrected chi connectivity index (χ2v) is 4.04. The van der Waals surface area contributed by atoms with Gasteiger partial charge in [-0.2, -0.15) is 0 Å². The Hall–Kier alpha value is -0.0800. The summed E-state index contributed by atoms with van der Waals surface area (Å²) in [6, 6.07) is 0.708. The molecule has 1 saturated carbocycles. The van der Waals surface area contributed by atoms with Crippen molar-refractivity contribution >= 4 is 0 Å². The number of hydrogen-bond donors (Lipinski definition) is 1. The largest absolute Gasteiger partial charge is 0.396 e. The second-order valence-electron chi connectivity index (χ2n) is 4.04. The van der Waals surface area contributed by atoms with E-state index in [-0.39, 0.29) is 0 Å². The van der Waals surface area contributed by atoms with Crippen LogP contribution in [0.25, 0.3) is 0 Å². The lowest BCUT2D eigenvalue weighted by Crippen LogP contribution is -2.33. The highest BCUT2D eigenvalue weighted by atomic mass is 16.3. The van der Waals surface area contributed by atoms with Gasteiger partial charge in [0.05, 0.1) is 0 Å². The van der Waals surface area contributed by atoms with E-state index in [9.17, 15) is 0 Å². The van der Waals surface area contributed by atoms with E-state index < -0.39 is 0 Å². The summed E-state index contributed by atoms with van der Waals surface area (Å²) in [5.74, 6) is 1.48. The Labute approximate surface area is 68.2 Å². The molecule has 0 bridgehead atoms. The zero-order chi connectivity index (χ0) is 7.84. The van der Waals surface area contributed by atoms with E-state index in [1.165, 1.54) is 25.8 Å². The number of nitrogens with zero attached hydrogens (tertiary/aromatic N) is 1. The summed E-state index contributed by atoms with van der Waals surface area (Å²) in [4.78, 5) is 2.43. The fraction of sp³-hybridized carbons (Fsp3) is 1.00. The summed E-state index contributed by atoms with van der Waals surface area (Å²) >= 11 is 0. The van der Waals surface area contributed by atoms with Crippen LogP contribution in [0.15, 0.2) is 0 Å². The minimum absolute atomic E-state index is 0.394. The van der Waals surface area contributed by atoms with Crippen LogP contribution < -0.4 is 0 Å². The molecule has 2 rings (SSSR count). The van der Waals surface area contributed by atoms with E-state index in [1.807, 2.05) is 0 Å². The van der Waals surface area contributed by atoms with Crippen molar-refractivity contribution in [3.63, 3.8) is 0 Å². The Bertz CT molecular complexity index is 148. The van der Waals surface area contributed by atoms with Gasteiger partial charge in [0.1, 0.15) is 0 Å². The lowest BCUT2D eigenvalue weighted by molar-refractivity contribution is 0.154. The summed E-state index contributed by atoms with van der Waals surface area (Å²) in [5.41, 5.74) is 0. The molecule has 3 atom stereocenters. The molecule has 0 spiro atoms. The van der Waals surface area contributed by atoms with Crippen LogP contribution in [-0.2, 0) is 0 Å². The van der Waals surface area contributed by atoms with Crippen molar-refractivity contribution in [3.8, 4) is 0 Å². The summed E-state index contributed by atoms with van der Waals surface area (Å²) in [7, 11) is 2.19. The van der Waals surface area contributed by atoms with Crippen molar-refractivity contribution in [2.24, 2.45) is 11.8 Å². The van der Waals surface area contributed by atoms with Crippen LogP contribution in [0, 0.1) is 11.8 Å². The van der Waals surface area contributed by atoms with E-state index in [2.05, 4.69) is 11.9 Å². The zero-order valence-corrected chi connectivity index (χ0v) is 7.16. The lowest BCUT2D eigenvalue weighted by atomic mass is 10.00. The van der Waals surface area contributed by atoms with Gasteiger partial charge in [-0.15, -0.1) is 0 Å². The van der Waals surface area contributed by atoms with Gasteiger partial charge in [-0.05, 0) is 44.7 Å². The van der Waals surface area contributed by atoms with Gasteiger partial charge in [-0.1, -0.05) is 0 Å². The van der Waals surface area contributed by atoms with E-state index in [0.717, 1.165) is 5.92 Å². The molecule has 0 radical (unpaired) electrons. The van der Waals surface area contributed by atoms with Crippen LogP contribution in [0.1, 0.15) is 19.3 Å². The Morgan fingerprint density at radius 1 is 1.36 bits per heavy atom. The molecule has 0 aromatic rings. The molecule has 2 fully saturated rings. The standard InChI is InChI=1S/C9H17NO/c1-10-5-4-7-2-3-8(6-11)9(7)10/h7-9,11H,2-6H2,1H3. The Morgan fingerprint density at radius 3 is 2.91 bits per heavy atom. The van der Waals surface area contributed by atoms with E-state index in [4.69, 9.17) is 5.11 Å². The molecule has 3 unspecified atom stereocenters. The minimum Gasteiger partial charge on any atom is -0.396 e. The quantitative estimate of drug-likeness (QED) is 0.603. The maximum Gasteiger partial charge on any atom is 0.0474 e. The normalized spacial score (nSPS) is 44.7. The molecule has 1 aliphatic carbocycles. The van der Waals surface area contributed by atoms with Gasteiger partial charge < -0.3 is 10.0 Å². The molecule has 0 amide bonds. The van der Waals surface area contributed by atoms with Crippen molar-refractivity contribution in [2.45, 2.75) is 25.3 Å². The first-order valence-corrected chi connectivity index (χ1v) is 4.64. The smallest absolute Gasteiger partial charge is 0.0474 e. The van der Waals surface area contributed by atoms with Crippen molar-refractivity contribution in [1.29, 1.82) is 0 Å². The van der Waals surface area contributed by atoms with Crippen molar-refractivity contribution in [3.05, 3.63) is 0 Å². The molecule has 2 aliphatic rings. The van der Waals surface area contributed by atoms with Gasteiger partial charge in [-0.25, -0.2) is 0 Å². The lowest BCUT2D eigenvalue weighted by Gasteiger charge is -2.24. The Balaban J connectivity index is 2.07. The van der Waals surface area contributed by atoms with Gasteiger partial charge in [0, 0.05) is 12.6 Å². The Morgan fingerprint density at radius 2 is 2.18 bits per heavy atom. The van der Waals surface area contributed by atoms with Crippen molar-refractivity contribution in [1.82, 2.24) is 4.90 Å². The third kappa shape index (κ3) is 1.09. The topological polar surface area (TPSA) is 23.5 Å². The van der Waals surface area contributed by atoms with E-state index in [0.29, 0.717) is 18.6 Å². The van der Waals surface area contributed by atoms with Crippen LogP contribution in [0.4, 0.5) is 0 Å². The highest BCUT2D eigenvalue weighted by Gasteiger charge is 2.41. The monoisotopic (exact) mass is 155 g/mol. The second kappa shape index (κ2) is 2.76. The number of aliphatic hydroxyl groups excluding tert-OH is 1. The summed E-state index contributed by atoms with van der Waals surface area (Å²) in [6.45, 7) is 1.64. The molecule has 0 aromatic heterocycles. The fourth-order valence-corrected chi connectivity index (χ4v) is 2.91. The number of hydrogen-bond acceptors (Lipinski definition) is 2. The fourth-order valence-electron chi connectivity index (χ4n) is 2.91.